The number of methoxy groups -OCH3 is 1. The van der Waals surface area contributed by atoms with Crippen molar-refractivity contribution in [1.29, 1.82) is 0 Å². The number of hydrogen-bond donors (Lipinski definition) is 1. The highest BCUT2D eigenvalue weighted by atomic mass is 35.5. The van der Waals surface area contributed by atoms with Crippen LogP contribution < -0.4 is 0 Å². The number of likely N-dealkylation sites (tertiary alicyclic amines) is 1. The van der Waals surface area contributed by atoms with Gasteiger partial charge in [-0.2, -0.15) is 0 Å². The first-order chi connectivity index (χ1) is 13.5. The van der Waals surface area contributed by atoms with Crippen molar-refractivity contribution in [3.63, 3.8) is 0 Å². The number of carbonyl (C=O) groups is 2. The fourth-order valence-electron chi connectivity index (χ4n) is 3.18. The standard InChI is InChI=1S/C21H28ClNO5/c1-27-21(26)15-28-12-3-2-11-23-18(8-10-20(23)25)7-9-19(24)14-16-5-4-6-17(22)13-16/h4-7,9,13,18-19,24H,2-3,8,10-12,14-15H2,1H3/b9-7+/t18-,19?/m0/s1. The Kier molecular flexibility index (Phi) is 9.47. The number of hydrogen-bond acceptors (Lipinski definition) is 5. The fourth-order valence-corrected chi connectivity index (χ4v) is 3.39. The largest absolute Gasteiger partial charge is 0.467 e. The lowest BCUT2D eigenvalue weighted by molar-refractivity contribution is -0.145. The van der Waals surface area contributed by atoms with Crippen molar-refractivity contribution in [3.8, 4) is 0 Å². The zero-order valence-corrected chi connectivity index (χ0v) is 16.9. The Morgan fingerprint density at radius 1 is 1.43 bits per heavy atom. The monoisotopic (exact) mass is 409 g/mol. The van der Waals surface area contributed by atoms with Crippen LogP contribution >= 0.6 is 11.6 Å². The molecule has 1 aliphatic heterocycles. The molecule has 1 aromatic carbocycles. The number of ether oxygens (including phenoxy) is 2. The van der Waals surface area contributed by atoms with Crippen LogP contribution in [0.1, 0.15) is 31.2 Å². The maximum atomic E-state index is 12.1. The quantitative estimate of drug-likeness (QED) is 0.345. The van der Waals surface area contributed by atoms with Crippen molar-refractivity contribution in [1.82, 2.24) is 4.90 Å². The van der Waals surface area contributed by atoms with Crippen LogP contribution in [0, 0.1) is 0 Å². The van der Waals surface area contributed by atoms with E-state index in [1.54, 1.807) is 12.1 Å². The summed E-state index contributed by atoms with van der Waals surface area (Å²) in [5.41, 5.74) is 0.968. The summed E-state index contributed by atoms with van der Waals surface area (Å²) in [7, 11) is 1.32. The number of unbranched alkanes of at least 4 members (excludes halogenated alkanes) is 1. The number of halogens is 1. The fraction of sp³-hybridized carbons (Fsp3) is 0.524. The normalized spacial score (nSPS) is 18.0. The molecule has 1 fully saturated rings. The Bertz CT molecular complexity index is 679. The number of nitrogens with zero attached hydrogens (tertiary/aromatic N) is 1. The van der Waals surface area contributed by atoms with Crippen LogP contribution in [0.2, 0.25) is 5.02 Å². The first-order valence-corrected chi connectivity index (χ1v) is 9.92. The van der Waals surface area contributed by atoms with Crippen molar-refractivity contribution in [3.05, 3.63) is 47.0 Å². The second kappa shape index (κ2) is 11.8. The van der Waals surface area contributed by atoms with Gasteiger partial charge in [-0.1, -0.05) is 35.9 Å². The molecule has 1 amide bonds. The maximum absolute atomic E-state index is 12.1. The van der Waals surface area contributed by atoms with E-state index in [9.17, 15) is 14.7 Å². The summed E-state index contributed by atoms with van der Waals surface area (Å²) in [6.07, 6.45) is 6.38. The van der Waals surface area contributed by atoms with E-state index >= 15 is 0 Å². The first kappa shape index (κ1) is 22.4. The lowest BCUT2D eigenvalue weighted by Gasteiger charge is -2.22. The molecule has 28 heavy (non-hydrogen) atoms. The minimum absolute atomic E-state index is 0.0116. The molecule has 2 atom stereocenters. The summed E-state index contributed by atoms with van der Waals surface area (Å²) < 4.78 is 9.72. The van der Waals surface area contributed by atoms with Crippen molar-refractivity contribution in [2.75, 3.05) is 26.9 Å². The molecule has 6 nitrogen and oxygen atoms in total. The van der Waals surface area contributed by atoms with E-state index in [0.717, 1.165) is 24.8 Å². The van der Waals surface area contributed by atoms with Gasteiger partial charge in [0, 0.05) is 31.0 Å². The van der Waals surface area contributed by atoms with Gasteiger partial charge in [-0.05, 0) is 37.0 Å². The molecule has 1 aliphatic rings. The highest BCUT2D eigenvalue weighted by Crippen LogP contribution is 2.21. The highest BCUT2D eigenvalue weighted by Gasteiger charge is 2.28. The molecule has 1 saturated heterocycles. The lowest BCUT2D eigenvalue weighted by Crippen LogP contribution is -2.33. The number of carbonyl (C=O) groups excluding carboxylic acids is 2. The van der Waals surface area contributed by atoms with Gasteiger partial charge < -0.3 is 19.5 Å². The molecule has 0 aromatic heterocycles. The minimum Gasteiger partial charge on any atom is -0.467 e. The van der Waals surface area contributed by atoms with Gasteiger partial charge in [0.1, 0.15) is 6.61 Å². The van der Waals surface area contributed by atoms with E-state index in [0.29, 0.717) is 31.0 Å². The Balaban J connectivity index is 1.74. The molecule has 1 unspecified atom stereocenters. The SMILES string of the molecule is COC(=O)COCCCCN1C(=O)CC[C@@H]1/C=C/C(O)Cc1cccc(Cl)c1. The Labute approximate surface area is 171 Å². The van der Waals surface area contributed by atoms with Crippen molar-refractivity contribution in [2.24, 2.45) is 0 Å². The third-order valence-electron chi connectivity index (χ3n) is 4.65. The van der Waals surface area contributed by atoms with Crippen LogP contribution in [-0.4, -0.2) is 60.9 Å². The van der Waals surface area contributed by atoms with E-state index in [1.165, 1.54) is 7.11 Å². The first-order valence-electron chi connectivity index (χ1n) is 9.54. The van der Waals surface area contributed by atoms with Crippen molar-refractivity contribution < 1.29 is 24.2 Å². The third kappa shape index (κ3) is 7.62. The van der Waals surface area contributed by atoms with Crippen LogP contribution in [0.4, 0.5) is 0 Å². The van der Waals surface area contributed by atoms with Gasteiger partial charge in [-0.15, -0.1) is 0 Å². The molecule has 7 heteroatoms. The zero-order chi connectivity index (χ0) is 20.4. The zero-order valence-electron chi connectivity index (χ0n) is 16.2. The molecule has 1 heterocycles. The molecule has 0 radical (unpaired) electrons. The van der Waals surface area contributed by atoms with Crippen LogP contribution in [0.5, 0.6) is 0 Å². The van der Waals surface area contributed by atoms with Gasteiger partial charge in [0.2, 0.25) is 5.91 Å². The second-order valence-corrected chi connectivity index (χ2v) is 7.25. The predicted molar refractivity (Wildman–Crippen MR) is 107 cm³/mol. The van der Waals surface area contributed by atoms with E-state index < -0.39 is 12.1 Å². The Hall–Kier alpha value is -1.89. The van der Waals surface area contributed by atoms with Crippen LogP contribution in [-0.2, 0) is 25.5 Å². The third-order valence-corrected chi connectivity index (χ3v) is 4.88. The topological polar surface area (TPSA) is 76.1 Å². The van der Waals surface area contributed by atoms with Crippen molar-refractivity contribution in [2.45, 2.75) is 44.2 Å². The van der Waals surface area contributed by atoms with E-state index in [4.69, 9.17) is 16.3 Å². The van der Waals surface area contributed by atoms with E-state index in [1.807, 2.05) is 29.2 Å². The Morgan fingerprint density at radius 3 is 3.00 bits per heavy atom. The van der Waals surface area contributed by atoms with Crippen LogP contribution in [0.15, 0.2) is 36.4 Å². The molecule has 0 saturated carbocycles. The van der Waals surface area contributed by atoms with Gasteiger partial charge in [0.25, 0.3) is 0 Å². The van der Waals surface area contributed by atoms with Gasteiger partial charge in [-0.3, -0.25) is 4.79 Å². The number of aliphatic hydroxyl groups is 1. The summed E-state index contributed by atoms with van der Waals surface area (Å²) in [6, 6.07) is 7.44. The van der Waals surface area contributed by atoms with Crippen LogP contribution in [0.3, 0.4) is 0 Å². The van der Waals surface area contributed by atoms with Crippen molar-refractivity contribution >= 4 is 23.5 Å². The minimum atomic E-state index is -0.622. The number of amides is 1. The van der Waals surface area contributed by atoms with Gasteiger partial charge in [-0.25, -0.2) is 4.79 Å². The molecule has 154 valence electrons. The second-order valence-electron chi connectivity index (χ2n) is 6.82. The van der Waals surface area contributed by atoms with Crippen LogP contribution in [0.25, 0.3) is 0 Å². The molecular formula is C21H28ClNO5. The van der Waals surface area contributed by atoms with Gasteiger partial charge in [0.15, 0.2) is 0 Å². The molecule has 0 bridgehead atoms. The molecule has 1 N–H and O–H groups in total. The number of esters is 1. The van der Waals surface area contributed by atoms with Gasteiger partial charge >= 0.3 is 5.97 Å². The smallest absolute Gasteiger partial charge is 0.331 e. The number of rotatable bonds is 11. The summed E-state index contributed by atoms with van der Waals surface area (Å²) in [6.45, 7) is 1.05. The maximum Gasteiger partial charge on any atom is 0.331 e. The predicted octanol–water partition coefficient (Wildman–Crippen LogP) is 2.76. The summed E-state index contributed by atoms with van der Waals surface area (Å²) in [5.74, 6) is -0.259. The van der Waals surface area contributed by atoms with E-state index in [2.05, 4.69) is 4.74 Å². The number of aliphatic hydroxyl groups excluding tert-OH is 1. The molecule has 2 rings (SSSR count). The average molecular weight is 410 g/mol. The molecule has 0 spiro atoms. The molecule has 0 aliphatic carbocycles. The van der Waals surface area contributed by atoms with E-state index in [-0.39, 0.29) is 18.6 Å². The average Bonchev–Trinajstić information content (AvgIpc) is 3.02. The summed E-state index contributed by atoms with van der Waals surface area (Å²) >= 11 is 5.97. The highest BCUT2D eigenvalue weighted by molar-refractivity contribution is 6.30. The molecular weight excluding hydrogens is 382 g/mol. The summed E-state index contributed by atoms with van der Waals surface area (Å²) in [5, 5.41) is 10.9. The number of benzene rings is 1. The summed E-state index contributed by atoms with van der Waals surface area (Å²) in [4.78, 5) is 24.9. The molecule has 1 aromatic rings. The van der Waals surface area contributed by atoms with Gasteiger partial charge in [0.05, 0.1) is 19.3 Å². The Morgan fingerprint density at radius 2 is 2.25 bits per heavy atom. The lowest BCUT2D eigenvalue weighted by atomic mass is 10.1.